The van der Waals surface area contributed by atoms with Gasteiger partial charge in [-0.2, -0.15) is 0 Å². The normalized spacial score (nSPS) is 27.7. The van der Waals surface area contributed by atoms with Crippen LogP contribution < -0.4 is 4.90 Å². The Morgan fingerprint density at radius 3 is 2.95 bits per heavy atom. The zero-order valence-corrected chi connectivity index (χ0v) is 12.7. The summed E-state index contributed by atoms with van der Waals surface area (Å²) >= 11 is 6.33. The van der Waals surface area contributed by atoms with Crippen LogP contribution in [0.5, 0.6) is 0 Å². The van der Waals surface area contributed by atoms with E-state index in [9.17, 15) is 0 Å². The third-order valence-electron chi connectivity index (χ3n) is 3.55. The molecule has 0 aromatic heterocycles. The number of rotatable bonds is 2. The summed E-state index contributed by atoms with van der Waals surface area (Å²) in [6, 6.07) is 6.29. The van der Waals surface area contributed by atoms with Crippen molar-refractivity contribution in [2.24, 2.45) is 4.99 Å². The Balaban J connectivity index is 1.81. The van der Waals surface area contributed by atoms with Gasteiger partial charge in [0.2, 0.25) is 0 Å². The van der Waals surface area contributed by atoms with Gasteiger partial charge < -0.3 is 14.4 Å². The van der Waals surface area contributed by atoms with E-state index in [4.69, 9.17) is 21.1 Å². The number of halogens is 1. The molecule has 1 fully saturated rings. The lowest BCUT2D eigenvalue weighted by Gasteiger charge is -2.33. The molecule has 0 amide bonds. The molecular weight excluding hydrogens is 276 g/mol. The maximum Gasteiger partial charge on any atom is 0.197 e. The molecule has 2 unspecified atom stereocenters. The summed E-state index contributed by atoms with van der Waals surface area (Å²) in [7, 11) is 0. The van der Waals surface area contributed by atoms with Crippen molar-refractivity contribution in [3.05, 3.63) is 29.3 Å². The third kappa shape index (κ3) is 2.68. The molecule has 0 N–H and O–H groups in total. The van der Waals surface area contributed by atoms with E-state index >= 15 is 0 Å². The molecule has 108 valence electrons. The van der Waals surface area contributed by atoms with Crippen LogP contribution in [0.15, 0.2) is 23.2 Å². The summed E-state index contributed by atoms with van der Waals surface area (Å²) in [5.74, 6) is -0.512. The van der Waals surface area contributed by atoms with Crippen molar-refractivity contribution < 1.29 is 9.47 Å². The standard InChI is InChI=1S/C15H19ClN2O2/c1-10-4-5-13-11(6-10)7-17-14(16)18(13)8-12-9-19-15(2,3)20-12/h4-7,12,14H,8-9H2,1-3H3. The van der Waals surface area contributed by atoms with Crippen molar-refractivity contribution in [2.45, 2.75) is 38.3 Å². The fourth-order valence-electron chi connectivity index (χ4n) is 2.63. The first-order valence-electron chi connectivity index (χ1n) is 6.81. The summed E-state index contributed by atoms with van der Waals surface area (Å²) in [5, 5.41) is 0. The van der Waals surface area contributed by atoms with Crippen LogP contribution in [0.4, 0.5) is 5.69 Å². The Kier molecular flexibility index (Phi) is 3.48. The number of hydrogen-bond acceptors (Lipinski definition) is 4. The Hall–Kier alpha value is -1.10. The second kappa shape index (κ2) is 5.02. The first kappa shape index (κ1) is 13.9. The zero-order chi connectivity index (χ0) is 14.3. The van der Waals surface area contributed by atoms with Crippen molar-refractivity contribution in [2.75, 3.05) is 18.1 Å². The lowest BCUT2D eigenvalue weighted by atomic mass is 10.1. The van der Waals surface area contributed by atoms with Crippen LogP contribution in [0, 0.1) is 6.92 Å². The Labute approximate surface area is 124 Å². The molecule has 5 heteroatoms. The molecule has 3 rings (SSSR count). The molecule has 1 aromatic carbocycles. The van der Waals surface area contributed by atoms with E-state index in [0.29, 0.717) is 13.2 Å². The van der Waals surface area contributed by atoms with Gasteiger partial charge in [-0.3, -0.25) is 4.99 Å². The third-order valence-corrected chi connectivity index (χ3v) is 3.90. The van der Waals surface area contributed by atoms with Gasteiger partial charge in [0.25, 0.3) is 0 Å². The predicted octanol–water partition coefficient (Wildman–Crippen LogP) is 2.91. The van der Waals surface area contributed by atoms with E-state index in [2.05, 4.69) is 35.0 Å². The Morgan fingerprint density at radius 2 is 2.25 bits per heavy atom. The maximum absolute atomic E-state index is 6.33. The highest BCUT2D eigenvalue weighted by atomic mass is 35.5. The van der Waals surface area contributed by atoms with E-state index in [1.165, 1.54) is 5.56 Å². The molecular formula is C15H19ClN2O2. The van der Waals surface area contributed by atoms with E-state index < -0.39 is 11.4 Å². The maximum atomic E-state index is 6.33. The van der Waals surface area contributed by atoms with Gasteiger partial charge in [-0.15, -0.1) is 0 Å². The minimum atomic E-state index is -0.512. The van der Waals surface area contributed by atoms with Gasteiger partial charge >= 0.3 is 0 Å². The first-order valence-corrected chi connectivity index (χ1v) is 7.24. The minimum absolute atomic E-state index is 0.00806. The smallest absolute Gasteiger partial charge is 0.197 e. The average Bonchev–Trinajstić information content (AvgIpc) is 2.72. The number of hydrogen-bond donors (Lipinski definition) is 0. The van der Waals surface area contributed by atoms with Crippen LogP contribution in [0.25, 0.3) is 0 Å². The van der Waals surface area contributed by atoms with Crippen LogP contribution in [-0.2, 0) is 9.47 Å². The molecule has 0 saturated carbocycles. The average molecular weight is 295 g/mol. The van der Waals surface area contributed by atoms with E-state index in [0.717, 1.165) is 11.3 Å². The number of aryl methyl sites for hydroxylation is 1. The van der Waals surface area contributed by atoms with Gasteiger partial charge in [-0.1, -0.05) is 23.2 Å². The van der Waals surface area contributed by atoms with Crippen LogP contribution in [0.2, 0.25) is 0 Å². The molecule has 2 atom stereocenters. The summed E-state index contributed by atoms with van der Waals surface area (Å²) in [5.41, 5.74) is 3.02. The minimum Gasteiger partial charge on any atom is -0.348 e. The lowest BCUT2D eigenvalue weighted by molar-refractivity contribution is -0.137. The van der Waals surface area contributed by atoms with Gasteiger partial charge in [0.1, 0.15) is 6.10 Å². The second-order valence-electron chi connectivity index (χ2n) is 5.75. The number of fused-ring (bicyclic) bond motifs is 1. The molecule has 0 aliphatic carbocycles. The molecule has 2 heterocycles. The highest BCUT2D eigenvalue weighted by Gasteiger charge is 2.35. The molecule has 20 heavy (non-hydrogen) atoms. The SMILES string of the molecule is Cc1ccc2c(c1)C=NC(Cl)N2CC1COC(C)(C)O1. The van der Waals surface area contributed by atoms with Crippen molar-refractivity contribution >= 4 is 23.5 Å². The summed E-state index contributed by atoms with van der Waals surface area (Å²) in [6.45, 7) is 7.18. The lowest BCUT2D eigenvalue weighted by Crippen LogP contribution is -2.40. The molecule has 4 nitrogen and oxygen atoms in total. The molecule has 2 aliphatic rings. The highest BCUT2D eigenvalue weighted by molar-refractivity contribution is 6.23. The number of nitrogens with zero attached hydrogens (tertiary/aromatic N) is 2. The van der Waals surface area contributed by atoms with E-state index in [1.807, 2.05) is 20.1 Å². The van der Waals surface area contributed by atoms with Gasteiger partial charge in [-0.05, 0) is 32.9 Å². The quantitative estimate of drug-likeness (QED) is 0.621. The predicted molar refractivity (Wildman–Crippen MR) is 80.7 cm³/mol. The molecule has 1 aromatic rings. The van der Waals surface area contributed by atoms with Crippen molar-refractivity contribution in [3.8, 4) is 0 Å². The Bertz CT molecular complexity index is 545. The van der Waals surface area contributed by atoms with Crippen LogP contribution in [0.3, 0.4) is 0 Å². The topological polar surface area (TPSA) is 34.1 Å². The number of alkyl halides is 1. The molecule has 0 spiro atoms. The molecule has 0 bridgehead atoms. The number of aliphatic imine (C=N–C) groups is 1. The van der Waals surface area contributed by atoms with Crippen LogP contribution in [-0.4, -0.2) is 36.9 Å². The first-order chi connectivity index (χ1) is 9.44. The van der Waals surface area contributed by atoms with Crippen molar-refractivity contribution in [1.29, 1.82) is 0 Å². The fourth-order valence-corrected chi connectivity index (χ4v) is 2.87. The summed E-state index contributed by atoms with van der Waals surface area (Å²) < 4.78 is 11.5. The summed E-state index contributed by atoms with van der Waals surface area (Å²) in [4.78, 5) is 6.40. The van der Waals surface area contributed by atoms with Gasteiger partial charge in [0.15, 0.2) is 11.4 Å². The van der Waals surface area contributed by atoms with E-state index in [1.54, 1.807) is 0 Å². The second-order valence-corrected chi connectivity index (χ2v) is 6.14. The van der Waals surface area contributed by atoms with Gasteiger partial charge in [0, 0.05) is 24.0 Å². The number of benzene rings is 1. The molecule has 0 radical (unpaired) electrons. The monoisotopic (exact) mass is 294 g/mol. The zero-order valence-electron chi connectivity index (χ0n) is 12.0. The van der Waals surface area contributed by atoms with Crippen molar-refractivity contribution in [3.63, 3.8) is 0 Å². The number of ether oxygens (including phenoxy) is 2. The Morgan fingerprint density at radius 1 is 1.45 bits per heavy atom. The highest BCUT2D eigenvalue weighted by Crippen LogP contribution is 2.31. The van der Waals surface area contributed by atoms with Gasteiger partial charge in [-0.25, -0.2) is 0 Å². The van der Waals surface area contributed by atoms with Crippen LogP contribution in [0.1, 0.15) is 25.0 Å². The largest absolute Gasteiger partial charge is 0.348 e. The van der Waals surface area contributed by atoms with Crippen molar-refractivity contribution in [1.82, 2.24) is 0 Å². The van der Waals surface area contributed by atoms with Crippen LogP contribution >= 0.6 is 11.6 Å². The molecule has 1 saturated heterocycles. The number of anilines is 1. The fraction of sp³-hybridized carbons (Fsp3) is 0.533. The molecule has 2 aliphatic heterocycles. The summed E-state index contributed by atoms with van der Waals surface area (Å²) in [6.07, 6.45) is 1.85. The van der Waals surface area contributed by atoms with Gasteiger partial charge in [0.05, 0.1) is 6.61 Å². The van der Waals surface area contributed by atoms with E-state index in [-0.39, 0.29) is 6.10 Å².